The molecule has 1 N–H and O–H groups in total. The van der Waals surface area contributed by atoms with Gasteiger partial charge in [-0.3, -0.25) is 9.69 Å². The van der Waals surface area contributed by atoms with Crippen molar-refractivity contribution in [2.45, 2.75) is 19.4 Å². The van der Waals surface area contributed by atoms with Crippen molar-refractivity contribution in [3.05, 3.63) is 22.4 Å². The molecule has 0 saturated heterocycles. The fourth-order valence-corrected chi connectivity index (χ4v) is 2.51. The molecule has 0 radical (unpaired) electrons. The molecule has 1 atom stereocenters. The Bertz CT molecular complexity index is 284. The number of hydrogen-bond donors (Lipinski definition) is 1. The SMILES string of the molecule is CCC(c1cccs1)N(C)CC(=O)O. The molecular formula is C10H15NO2S. The van der Waals surface area contributed by atoms with E-state index in [4.69, 9.17) is 5.11 Å². The van der Waals surface area contributed by atoms with Gasteiger partial charge in [0.1, 0.15) is 0 Å². The predicted molar refractivity (Wildman–Crippen MR) is 57.6 cm³/mol. The number of hydrogen-bond acceptors (Lipinski definition) is 3. The van der Waals surface area contributed by atoms with Crippen molar-refractivity contribution < 1.29 is 9.90 Å². The molecule has 3 nitrogen and oxygen atoms in total. The van der Waals surface area contributed by atoms with Gasteiger partial charge in [-0.1, -0.05) is 13.0 Å². The number of carboxylic acid groups (broad SMARTS) is 1. The molecule has 0 aliphatic heterocycles. The molecule has 0 bridgehead atoms. The molecule has 0 aliphatic carbocycles. The van der Waals surface area contributed by atoms with Crippen molar-refractivity contribution >= 4 is 17.3 Å². The summed E-state index contributed by atoms with van der Waals surface area (Å²) in [6, 6.07) is 4.28. The van der Waals surface area contributed by atoms with Gasteiger partial charge in [-0.2, -0.15) is 0 Å². The average molecular weight is 213 g/mol. The molecule has 1 unspecified atom stereocenters. The lowest BCUT2D eigenvalue weighted by atomic mass is 10.1. The minimum atomic E-state index is -0.775. The van der Waals surface area contributed by atoms with Gasteiger partial charge in [0.15, 0.2) is 0 Å². The summed E-state index contributed by atoms with van der Waals surface area (Å²) in [7, 11) is 1.85. The quantitative estimate of drug-likeness (QED) is 0.815. The second-order valence-corrected chi connectivity index (χ2v) is 4.23. The molecule has 0 amide bonds. The summed E-state index contributed by atoms with van der Waals surface area (Å²) >= 11 is 1.68. The van der Waals surface area contributed by atoms with Crippen LogP contribution in [0.2, 0.25) is 0 Å². The maximum absolute atomic E-state index is 10.6. The van der Waals surface area contributed by atoms with Crippen molar-refractivity contribution in [3.8, 4) is 0 Å². The Balaban J connectivity index is 2.67. The molecule has 1 heterocycles. The molecular weight excluding hydrogens is 198 g/mol. The Morgan fingerprint density at radius 3 is 2.86 bits per heavy atom. The molecule has 1 aromatic heterocycles. The van der Waals surface area contributed by atoms with E-state index in [1.165, 1.54) is 4.88 Å². The van der Waals surface area contributed by atoms with Gasteiger partial charge >= 0.3 is 5.97 Å². The number of rotatable bonds is 5. The summed E-state index contributed by atoms with van der Waals surface area (Å²) in [5.74, 6) is -0.775. The molecule has 0 aromatic carbocycles. The third-order valence-corrected chi connectivity index (χ3v) is 3.15. The first-order chi connectivity index (χ1) is 6.65. The number of carbonyl (C=O) groups is 1. The molecule has 78 valence electrons. The lowest BCUT2D eigenvalue weighted by molar-refractivity contribution is -0.138. The molecule has 4 heteroatoms. The summed E-state index contributed by atoms with van der Waals surface area (Å²) in [4.78, 5) is 13.7. The van der Waals surface area contributed by atoms with Crippen LogP contribution in [0.5, 0.6) is 0 Å². The standard InChI is InChI=1S/C10H15NO2S/c1-3-8(9-5-4-6-14-9)11(2)7-10(12)13/h4-6,8H,3,7H2,1-2H3,(H,12,13). The fraction of sp³-hybridized carbons (Fsp3) is 0.500. The summed E-state index contributed by atoms with van der Waals surface area (Å²) in [5.41, 5.74) is 0. The first-order valence-electron chi connectivity index (χ1n) is 4.60. The highest BCUT2D eigenvalue weighted by Crippen LogP contribution is 2.26. The Morgan fingerprint density at radius 1 is 1.71 bits per heavy atom. The Kier molecular flexibility index (Phi) is 4.10. The van der Waals surface area contributed by atoms with Crippen molar-refractivity contribution in [1.82, 2.24) is 4.90 Å². The van der Waals surface area contributed by atoms with E-state index in [1.807, 2.05) is 23.4 Å². The number of aliphatic carboxylic acids is 1. The summed E-state index contributed by atoms with van der Waals surface area (Å²) in [6.45, 7) is 2.17. The van der Waals surface area contributed by atoms with Crippen LogP contribution in [0.4, 0.5) is 0 Å². The highest BCUT2D eigenvalue weighted by Gasteiger charge is 2.17. The van der Waals surface area contributed by atoms with Crippen LogP contribution in [0.1, 0.15) is 24.3 Å². The van der Waals surface area contributed by atoms with Gasteiger partial charge in [0.2, 0.25) is 0 Å². The van der Waals surface area contributed by atoms with Gasteiger partial charge in [0.25, 0.3) is 0 Å². The first-order valence-corrected chi connectivity index (χ1v) is 5.48. The van der Waals surface area contributed by atoms with Crippen LogP contribution < -0.4 is 0 Å². The van der Waals surface area contributed by atoms with Crippen LogP contribution >= 0.6 is 11.3 Å². The number of carboxylic acids is 1. The first kappa shape index (κ1) is 11.2. The molecule has 14 heavy (non-hydrogen) atoms. The Morgan fingerprint density at radius 2 is 2.43 bits per heavy atom. The minimum absolute atomic E-state index is 0.0937. The number of nitrogens with zero attached hydrogens (tertiary/aromatic N) is 1. The summed E-state index contributed by atoms with van der Waals surface area (Å²) in [6.07, 6.45) is 0.935. The van der Waals surface area contributed by atoms with E-state index in [9.17, 15) is 4.79 Å². The predicted octanol–water partition coefficient (Wildman–Crippen LogP) is 2.22. The van der Waals surface area contributed by atoms with Crippen LogP contribution in [0.15, 0.2) is 17.5 Å². The van der Waals surface area contributed by atoms with Gasteiger partial charge in [-0.25, -0.2) is 0 Å². The van der Waals surface area contributed by atoms with E-state index in [1.54, 1.807) is 11.3 Å². The number of thiophene rings is 1. The van der Waals surface area contributed by atoms with E-state index in [0.717, 1.165) is 6.42 Å². The largest absolute Gasteiger partial charge is 0.480 e. The van der Waals surface area contributed by atoms with Crippen LogP contribution in [-0.4, -0.2) is 29.6 Å². The van der Waals surface area contributed by atoms with Crippen LogP contribution in [0, 0.1) is 0 Å². The molecule has 0 fully saturated rings. The lowest BCUT2D eigenvalue weighted by Gasteiger charge is -2.24. The fourth-order valence-electron chi connectivity index (χ4n) is 1.53. The third kappa shape index (κ3) is 2.82. The molecule has 1 aromatic rings. The Labute approximate surface area is 88.0 Å². The average Bonchev–Trinajstić information content (AvgIpc) is 2.57. The Hall–Kier alpha value is -0.870. The van der Waals surface area contributed by atoms with Crippen LogP contribution in [0.3, 0.4) is 0 Å². The zero-order valence-electron chi connectivity index (χ0n) is 8.43. The monoisotopic (exact) mass is 213 g/mol. The topological polar surface area (TPSA) is 40.5 Å². The maximum atomic E-state index is 10.6. The zero-order valence-corrected chi connectivity index (χ0v) is 9.25. The van der Waals surface area contributed by atoms with Crippen molar-refractivity contribution in [2.75, 3.05) is 13.6 Å². The van der Waals surface area contributed by atoms with E-state index < -0.39 is 5.97 Å². The van der Waals surface area contributed by atoms with E-state index in [2.05, 4.69) is 13.0 Å². The smallest absolute Gasteiger partial charge is 0.317 e. The molecule has 0 saturated carbocycles. The normalized spacial score (nSPS) is 13.1. The van der Waals surface area contributed by atoms with Gasteiger partial charge < -0.3 is 5.11 Å². The van der Waals surface area contributed by atoms with Gasteiger partial charge in [-0.05, 0) is 24.9 Å². The highest BCUT2D eigenvalue weighted by molar-refractivity contribution is 7.10. The maximum Gasteiger partial charge on any atom is 0.317 e. The van der Waals surface area contributed by atoms with E-state index in [-0.39, 0.29) is 12.6 Å². The second kappa shape index (κ2) is 5.12. The highest BCUT2D eigenvalue weighted by atomic mass is 32.1. The van der Waals surface area contributed by atoms with Crippen molar-refractivity contribution in [1.29, 1.82) is 0 Å². The van der Waals surface area contributed by atoms with E-state index >= 15 is 0 Å². The van der Waals surface area contributed by atoms with Gasteiger partial charge in [-0.15, -0.1) is 11.3 Å². The van der Waals surface area contributed by atoms with Gasteiger partial charge in [0.05, 0.1) is 6.54 Å². The zero-order chi connectivity index (χ0) is 10.6. The third-order valence-electron chi connectivity index (χ3n) is 2.18. The van der Waals surface area contributed by atoms with Crippen molar-refractivity contribution in [3.63, 3.8) is 0 Å². The molecule has 1 rings (SSSR count). The van der Waals surface area contributed by atoms with E-state index in [0.29, 0.717) is 0 Å². The molecule has 0 aliphatic rings. The second-order valence-electron chi connectivity index (χ2n) is 3.25. The van der Waals surface area contributed by atoms with Crippen LogP contribution in [-0.2, 0) is 4.79 Å². The minimum Gasteiger partial charge on any atom is -0.480 e. The van der Waals surface area contributed by atoms with Gasteiger partial charge in [0, 0.05) is 10.9 Å². The lowest BCUT2D eigenvalue weighted by Crippen LogP contribution is -2.29. The van der Waals surface area contributed by atoms with Crippen molar-refractivity contribution in [2.24, 2.45) is 0 Å². The summed E-state index contributed by atoms with van der Waals surface area (Å²) < 4.78 is 0. The molecule has 0 spiro atoms. The van der Waals surface area contributed by atoms with Crippen LogP contribution in [0.25, 0.3) is 0 Å². The summed E-state index contributed by atoms with van der Waals surface area (Å²) in [5, 5.41) is 10.7. The number of likely N-dealkylation sites (N-methyl/N-ethyl adjacent to an activating group) is 1.